The maximum Gasteiger partial charge on any atom is 0.338 e. The Kier molecular flexibility index (Phi) is 4.97. The van der Waals surface area contributed by atoms with Crippen LogP contribution in [0.25, 0.3) is 0 Å². The molecule has 1 aromatic carbocycles. The number of hydrogen-bond donors (Lipinski definition) is 1. The quantitative estimate of drug-likeness (QED) is 0.660. The van der Waals surface area contributed by atoms with E-state index in [1.54, 1.807) is 11.3 Å². The number of para-hydroxylation sites is 1. The van der Waals surface area contributed by atoms with Gasteiger partial charge in [0.15, 0.2) is 5.11 Å². The van der Waals surface area contributed by atoms with Crippen molar-refractivity contribution in [1.29, 1.82) is 0 Å². The van der Waals surface area contributed by atoms with E-state index in [4.69, 9.17) is 17.0 Å². The lowest BCUT2D eigenvalue weighted by molar-refractivity contribution is -0.139. The van der Waals surface area contributed by atoms with Crippen molar-refractivity contribution < 1.29 is 9.53 Å². The van der Waals surface area contributed by atoms with E-state index in [-0.39, 0.29) is 12.0 Å². The Balaban J connectivity index is 2.11. The van der Waals surface area contributed by atoms with Crippen LogP contribution in [0.15, 0.2) is 59.1 Å². The lowest BCUT2D eigenvalue weighted by Gasteiger charge is -2.37. The molecule has 0 aliphatic carbocycles. The first-order valence-electron chi connectivity index (χ1n) is 7.70. The van der Waals surface area contributed by atoms with Crippen LogP contribution in [-0.2, 0) is 9.53 Å². The fourth-order valence-corrected chi connectivity index (χ4v) is 3.92. The molecule has 0 amide bonds. The SMILES string of the molecule is CCOC(=O)C1=C(C)N(c2ccccc2)C(=S)N[C@H]1c1cccs1. The molecule has 0 radical (unpaired) electrons. The van der Waals surface area contributed by atoms with Gasteiger partial charge in [-0.05, 0) is 49.6 Å². The van der Waals surface area contributed by atoms with Crippen LogP contribution in [0.3, 0.4) is 0 Å². The molecule has 0 fully saturated rings. The number of benzene rings is 1. The standard InChI is InChI=1S/C18H18N2O2S2/c1-3-22-17(21)15-12(2)20(13-8-5-4-6-9-13)18(23)19-16(15)14-10-7-11-24-14/h4-11,16H,3H2,1-2H3,(H,19,23)/t16-/m0/s1. The van der Waals surface area contributed by atoms with Gasteiger partial charge in [-0.2, -0.15) is 0 Å². The second-order valence-corrected chi connectivity index (χ2v) is 6.65. The monoisotopic (exact) mass is 358 g/mol. The number of carbonyl (C=O) groups excluding carboxylic acids is 1. The van der Waals surface area contributed by atoms with Gasteiger partial charge in [-0.3, -0.25) is 4.90 Å². The zero-order valence-corrected chi connectivity index (χ0v) is 15.1. The van der Waals surface area contributed by atoms with E-state index in [9.17, 15) is 4.79 Å². The number of hydrogen-bond acceptors (Lipinski definition) is 4. The van der Waals surface area contributed by atoms with Crippen molar-refractivity contribution in [1.82, 2.24) is 5.32 Å². The summed E-state index contributed by atoms with van der Waals surface area (Å²) in [5.41, 5.74) is 2.30. The van der Waals surface area contributed by atoms with Crippen LogP contribution >= 0.6 is 23.6 Å². The minimum absolute atomic E-state index is 0.281. The smallest absolute Gasteiger partial charge is 0.338 e. The fourth-order valence-electron chi connectivity index (χ4n) is 2.77. The highest BCUT2D eigenvalue weighted by Gasteiger charge is 2.35. The van der Waals surface area contributed by atoms with Gasteiger partial charge < -0.3 is 10.1 Å². The van der Waals surface area contributed by atoms with Gasteiger partial charge in [-0.15, -0.1) is 11.3 Å². The van der Waals surface area contributed by atoms with Crippen LogP contribution in [0.5, 0.6) is 0 Å². The topological polar surface area (TPSA) is 41.6 Å². The van der Waals surface area contributed by atoms with Crippen LogP contribution in [0.4, 0.5) is 5.69 Å². The maximum atomic E-state index is 12.6. The number of ether oxygens (including phenoxy) is 1. The van der Waals surface area contributed by atoms with Crippen molar-refractivity contribution in [3.63, 3.8) is 0 Å². The number of thiocarbonyl (C=S) groups is 1. The van der Waals surface area contributed by atoms with Gasteiger partial charge in [0, 0.05) is 16.3 Å². The number of anilines is 1. The highest BCUT2D eigenvalue weighted by molar-refractivity contribution is 7.80. The van der Waals surface area contributed by atoms with E-state index in [2.05, 4.69) is 5.32 Å². The largest absolute Gasteiger partial charge is 0.463 e. The zero-order chi connectivity index (χ0) is 17.1. The van der Waals surface area contributed by atoms with E-state index in [0.717, 1.165) is 16.3 Å². The molecule has 2 heterocycles. The molecule has 1 aliphatic rings. The highest BCUT2D eigenvalue weighted by Crippen LogP contribution is 2.35. The first-order valence-corrected chi connectivity index (χ1v) is 8.99. The molecule has 124 valence electrons. The Morgan fingerprint density at radius 1 is 1.29 bits per heavy atom. The Hall–Kier alpha value is -2.18. The van der Waals surface area contributed by atoms with Crippen LogP contribution in [-0.4, -0.2) is 17.7 Å². The van der Waals surface area contributed by atoms with Crippen LogP contribution in [0.1, 0.15) is 24.8 Å². The highest BCUT2D eigenvalue weighted by atomic mass is 32.1. The molecule has 0 unspecified atom stereocenters. The van der Waals surface area contributed by atoms with E-state index in [0.29, 0.717) is 17.3 Å². The number of nitrogens with zero attached hydrogens (tertiary/aromatic N) is 1. The molecule has 3 rings (SSSR count). The van der Waals surface area contributed by atoms with Gasteiger partial charge >= 0.3 is 5.97 Å². The van der Waals surface area contributed by atoms with E-state index >= 15 is 0 Å². The summed E-state index contributed by atoms with van der Waals surface area (Å²) in [6.45, 7) is 4.05. The minimum Gasteiger partial charge on any atom is -0.463 e. The van der Waals surface area contributed by atoms with Gasteiger partial charge in [0.05, 0.1) is 18.2 Å². The van der Waals surface area contributed by atoms with Crippen LogP contribution in [0.2, 0.25) is 0 Å². The van der Waals surface area contributed by atoms with Crippen molar-refractivity contribution in [2.75, 3.05) is 11.5 Å². The predicted octanol–water partition coefficient (Wildman–Crippen LogP) is 4.02. The third-order valence-corrected chi connectivity index (χ3v) is 5.06. The van der Waals surface area contributed by atoms with Gasteiger partial charge in [-0.1, -0.05) is 24.3 Å². The molecule has 1 atom stereocenters. The molecule has 0 spiro atoms. The first-order chi connectivity index (χ1) is 11.6. The molecule has 1 N–H and O–H groups in total. The van der Waals surface area contributed by atoms with Gasteiger partial charge in [0.1, 0.15) is 0 Å². The Morgan fingerprint density at radius 3 is 2.67 bits per heavy atom. The van der Waals surface area contributed by atoms with Crippen LogP contribution in [0, 0.1) is 0 Å². The summed E-state index contributed by atoms with van der Waals surface area (Å²) in [6.07, 6.45) is 0. The number of allylic oxidation sites excluding steroid dienone is 1. The summed E-state index contributed by atoms with van der Waals surface area (Å²) >= 11 is 7.16. The number of carbonyl (C=O) groups is 1. The first kappa shape index (κ1) is 16.7. The molecule has 4 nitrogen and oxygen atoms in total. The normalized spacial score (nSPS) is 17.7. The van der Waals surface area contributed by atoms with Crippen molar-refractivity contribution in [3.05, 3.63) is 64.0 Å². The van der Waals surface area contributed by atoms with Crippen molar-refractivity contribution in [3.8, 4) is 0 Å². The van der Waals surface area contributed by atoms with Crippen LogP contribution < -0.4 is 10.2 Å². The molecule has 24 heavy (non-hydrogen) atoms. The average molecular weight is 358 g/mol. The van der Waals surface area contributed by atoms with E-state index in [1.165, 1.54) is 0 Å². The van der Waals surface area contributed by atoms with Gasteiger partial charge in [0.2, 0.25) is 0 Å². The lowest BCUT2D eigenvalue weighted by Crippen LogP contribution is -2.47. The second kappa shape index (κ2) is 7.15. The third-order valence-electron chi connectivity index (χ3n) is 3.82. The molecular formula is C18H18N2O2S2. The molecule has 1 aliphatic heterocycles. The molecule has 0 bridgehead atoms. The number of nitrogens with one attached hydrogen (secondary N) is 1. The summed E-state index contributed by atoms with van der Waals surface area (Å²) < 4.78 is 5.30. The molecule has 0 saturated carbocycles. The third kappa shape index (κ3) is 3.07. The molecule has 6 heteroatoms. The summed E-state index contributed by atoms with van der Waals surface area (Å²) in [5.74, 6) is -0.315. The summed E-state index contributed by atoms with van der Waals surface area (Å²) in [6, 6.07) is 13.4. The number of thiophene rings is 1. The number of esters is 1. The van der Waals surface area contributed by atoms with Gasteiger partial charge in [-0.25, -0.2) is 4.79 Å². The molecule has 0 saturated heterocycles. The molecular weight excluding hydrogens is 340 g/mol. The summed E-state index contributed by atoms with van der Waals surface area (Å²) in [4.78, 5) is 15.5. The summed E-state index contributed by atoms with van der Waals surface area (Å²) in [5, 5.41) is 5.86. The molecule has 1 aromatic heterocycles. The average Bonchev–Trinajstić information content (AvgIpc) is 3.10. The Morgan fingerprint density at radius 2 is 2.04 bits per heavy atom. The second-order valence-electron chi connectivity index (χ2n) is 5.29. The van der Waals surface area contributed by atoms with Gasteiger partial charge in [0.25, 0.3) is 0 Å². The van der Waals surface area contributed by atoms with Crippen molar-refractivity contribution >= 4 is 40.3 Å². The van der Waals surface area contributed by atoms with E-state index in [1.807, 2.05) is 66.6 Å². The zero-order valence-electron chi connectivity index (χ0n) is 13.5. The number of rotatable bonds is 4. The predicted molar refractivity (Wildman–Crippen MR) is 101 cm³/mol. The molecule has 2 aromatic rings. The Bertz CT molecular complexity index is 770. The van der Waals surface area contributed by atoms with E-state index < -0.39 is 0 Å². The Labute approximate surface area is 150 Å². The minimum atomic E-state index is -0.315. The summed E-state index contributed by atoms with van der Waals surface area (Å²) in [7, 11) is 0. The lowest BCUT2D eigenvalue weighted by atomic mass is 10.0. The van der Waals surface area contributed by atoms with Crippen molar-refractivity contribution in [2.24, 2.45) is 0 Å². The fraction of sp³-hybridized carbons (Fsp3) is 0.222. The maximum absolute atomic E-state index is 12.6. The van der Waals surface area contributed by atoms with Crippen molar-refractivity contribution in [2.45, 2.75) is 19.9 Å².